The molecule has 2 aromatic rings. The molecule has 0 atom stereocenters. The third kappa shape index (κ3) is 2.78. The summed E-state index contributed by atoms with van der Waals surface area (Å²) in [4.78, 5) is 0. The number of halogens is 4. The molecule has 102 valence electrons. The van der Waals surface area contributed by atoms with Gasteiger partial charge in [-0.1, -0.05) is 0 Å². The molecule has 0 unspecified atom stereocenters. The molecule has 19 heavy (non-hydrogen) atoms. The highest BCUT2D eigenvalue weighted by Crippen LogP contribution is 2.33. The molecular weight excluding hydrogens is 264 g/mol. The minimum atomic E-state index is -4.75. The Kier molecular flexibility index (Phi) is 3.09. The van der Waals surface area contributed by atoms with Crippen LogP contribution in [0.15, 0.2) is 24.4 Å². The fourth-order valence-electron chi connectivity index (χ4n) is 1.56. The van der Waals surface area contributed by atoms with E-state index in [1.165, 1.54) is 16.9 Å². The van der Waals surface area contributed by atoms with Gasteiger partial charge in [0.05, 0.1) is 11.3 Å². The largest absolute Gasteiger partial charge is 0.419 e. The third-order valence-corrected chi connectivity index (χ3v) is 2.39. The topological polar surface area (TPSA) is 55.9 Å². The van der Waals surface area contributed by atoms with Gasteiger partial charge in [-0.05, 0) is 18.2 Å². The van der Waals surface area contributed by atoms with E-state index in [0.717, 1.165) is 6.07 Å². The number of benzene rings is 1. The second-order valence-corrected chi connectivity index (χ2v) is 3.92. The molecule has 1 aromatic heterocycles. The Bertz CT molecular complexity index is 603. The van der Waals surface area contributed by atoms with E-state index in [-0.39, 0.29) is 17.2 Å². The van der Waals surface area contributed by atoms with Gasteiger partial charge < -0.3 is 11.1 Å². The van der Waals surface area contributed by atoms with Gasteiger partial charge in [0.1, 0.15) is 5.82 Å². The van der Waals surface area contributed by atoms with Crippen LogP contribution in [0.4, 0.5) is 34.8 Å². The summed E-state index contributed by atoms with van der Waals surface area (Å²) in [6.45, 7) is 0. The predicted molar refractivity (Wildman–Crippen MR) is 62.3 cm³/mol. The molecule has 0 aliphatic rings. The normalized spacial score (nSPS) is 11.6. The average molecular weight is 274 g/mol. The van der Waals surface area contributed by atoms with Crippen molar-refractivity contribution in [3.8, 4) is 0 Å². The van der Waals surface area contributed by atoms with E-state index < -0.39 is 17.6 Å². The summed E-state index contributed by atoms with van der Waals surface area (Å²) in [6.07, 6.45) is -3.26. The summed E-state index contributed by atoms with van der Waals surface area (Å²) in [5.41, 5.74) is 4.59. The Morgan fingerprint density at radius 1 is 1.32 bits per heavy atom. The van der Waals surface area contributed by atoms with Crippen LogP contribution in [0.3, 0.4) is 0 Å². The summed E-state index contributed by atoms with van der Waals surface area (Å²) in [5, 5.41) is 6.53. The first kappa shape index (κ1) is 13.2. The van der Waals surface area contributed by atoms with Crippen LogP contribution >= 0.6 is 0 Å². The lowest BCUT2D eigenvalue weighted by Gasteiger charge is -2.10. The number of hydrogen-bond donors (Lipinski definition) is 2. The van der Waals surface area contributed by atoms with Crippen molar-refractivity contribution >= 4 is 17.2 Å². The molecule has 0 saturated heterocycles. The Morgan fingerprint density at radius 3 is 2.53 bits per heavy atom. The summed E-state index contributed by atoms with van der Waals surface area (Å²) >= 11 is 0. The smallest absolute Gasteiger partial charge is 0.394 e. The lowest BCUT2D eigenvalue weighted by Crippen LogP contribution is -2.08. The molecule has 8 heteroatoms. The van der Waals surface area contributed by atoms with Crippen molar-refractivity contribution in [2.45, 2.75) is 6.18 Å². The van der Waals surface area contributed by atoms with Crippen molar-refractivity contribution in [1.29, 1.82) is 0 Å². The SMILES string of the molecule is Cn1cc(N)c(Nc2ccc(F)c(C(F)(F)F)c2)n1. The zero-order valence-electron chi connectivity index (χ0n) is 9.79. The maximum atomic E-state index is 13.1. The number of nitrogens with one attached hydrogen (secondary N) is 1. The number of nitrogens with two attached hydrogens (primary N) is 1. The summed E-state index contributed by atoms with van der Waals surface area (Å²) in [5.74, 6) is -1.12. The number of nitrogen functional groups attached to an aromatic ring is 1. The summed E-state index contributed by atoms with van der Waals surface area (Å²) in [6, 6.07) is 2.59. The molecular formula is C11H10F4N4. The van der Waals surface area contributed by atoms with Gasteiger partial charge in [-0.3, -0.25) is 4.68 Å². The van der Waals surface area contributed by atoms with Gasteiger partial charge in [0.15, 0.2) is 5.82 Å². The standard InChI is InChI=1S/C11H10F4N4/c1-19-5-9(16)10(18-19)17-6-2-3-8(12)7(4-6)11(13,14)15/h2-5H,16H2,1H3,(H,17,18). The van der Waals surface area contributed by atoms with Gasteiger partial charge in [-0.2, -0.15) is 18.3 Å². The van der Waals surface area contributed by atoms with E-state index in [2.05, 4.69) is 10.4 Å². The van der Waals surface area contributed by atoms with Crippen molar-refractivity contribution in [2.75, 3.05) is 11.1 Å². The Balaban J connectivity index is 2.34. The Morgan fingerprint density at radius 2 is 2.00 bits per heavy atom. The Hall–Kier alpha value is -2.25. The van der Waals surface area contributed by atoms with Crippen LogP contribution in [0.1, 0.15) is 5.56 Å². The summed E-state index contributed by atoms with van der Waals surface area (Å²) in [7, 11) is 1.62. The van der Waals surface area contributed by atoms with Crippen molar-refractivity contribution in [3.05, 3.63) is 35.8 Å². The van der Waals surface area contributed by atoms with Crippen molar-refractivity contribution in [2.24, 2.45) is 7.05 Å². The maximum Gasteiger partial charge on any atom is 0.419 e. The van der Waals surface area contributed by atoms with Crippen molar-refractivity contribution in [3.63, 3.8) is 0 Å². The lowest BCUT2D eigenvalue weighted by molar-refractivity contribution is -0.139. The van der Waals surface area contributed by atoms with Crippen LogP contribution in [0.2, 0.25) is 0 Å². The van der Waals surface area contributed by atoms with E-state index in [9.17, 15) is 17.6 Å². The first-order chi connectivity index (χ1) is 8.77. The molecule has 1 aromatic carbocycles. The summed E-state index contributed by atoms with van der Waals surface area (Å²) < 4.78 is 52.1. The zero-order chi connectivity index (χ0) is 14.2. The molecule has 0 aliphatic heterocycles. The fourth-order valence-corrected chi connectivity index (χ4v) is 1.56. The molecule has 0 spiro atoms. The number of aromatic nitrogens is 2. The van der Waals surface area contributed by atoms with E-state index in [0.29, 0.717) is 6.07 Å². The number of aryl methyl sites for hydroxylation is 1. The second-order valence-electron chi connectivity index (χ2n) is 3.92. The number of anilines is 3. The molecule has 3 N–H and O–H groups in total. The second kappa shape index (κ2) is 4.45. The quantitative estimate of drug-likeness (QED) is 0.828. The fraction of sp³-hybridized carbons (Fsp3) is 0.182. The predicted octanol–water partition coefficient (Wildman–Crippen LogP) is 2.90. The molecule has 4 nitrogen and oxygen atoms in total. The van der Waals surface area contributed by atoms with Gasteiger partial charge in [0, 0.05) is 18.9 Å². The van der Waals surface area contributed by atoms with Crippen LogP contribution in [-0.4, -0.2) is 9.78 Å². The molecule has 0 bridgehead atoms. The van der Waals surface area contributed by atoms with Gasteiger partial charge in [0.25, 0.3) is 0 Å². The van der Waals surface area contributed by atoms with E-state index in [1.54, 1.807) is 7.05 Å². The van der Waals surface area contributed by atoms with Crippen molar-refractivity contribution < 1.29 is 17.6 Å². The van der Waals surface area contributed by atoms with E-state index >= 15 is 0 Å². The Labute approximate surface area is 105 Å². The molecule has 1 heterocycles. The molecule has 0 saturated carbocycles. The molecule has 0 aliphatic carbocycles. The van der Waals surface area contributed by atoms with Crippen molar-refractivity contribution in [1.82, 2.24) is 9.78 Å². The van der Waals surface area contributed by atoms with E-state index in [4.69, 9.17) is 5.73 Å². The molecule has 2 rings (SSSR count). The maximum absolute atomic E-state index is 13.1. The molecule has 0 radical (unpaired) electrons. The van der Waals surface area contributed by atoms with Gasteiger partial charge in [-0.15, -0.1) is 0 Å². The number of alkyl halides is 3. The van der Waals surface area contributed by atoms with Crippen LogP contribution in [0.5, 0.6) is 0 Å². The van der Waals surface area contributed by atoms with Crippen LogP contribution in [-0.2, 0) is 13.2 Å². The van der Waals surface area contributed by atoms with Gasteiger partial charge in [-0.25, -0.2) is 4.39 Å². The number of rotatable bonds is 2. The zero-order valence-corrected chi connectivity index (χ0v) is 9.79. The van der Waals surface area contributed by atoms with Crippen LogP contribution < -0.4 is 11.1 Å². The lowest BCUT2D eigenvalue weighted by atomic mass is 10.2. The highest BCUT2D eigenvalue weighted by atomic mass is 19.4. The first-order valence-electron chi connectivity index (χ1n) is 5.20. The van der Waals surface area contributed by atoms with Gasteiger partial charge >= 0.3 is 6.18 Å². The van der Waals surface area contributed by atoms with Crippen LogP contribution in [0.25, 0.3) is 0 Å². The highest BCUT2D eigenvalue weighted by molar-refractivity contribution is 5.68. The van der Waals surface area contributed by atoms with Crippen LogP contribution in [0, 0.1) is 5.82 Å². The van der Waals surface area contributed by atoms with E-state index in [1.807, 2.05) is 0 Å². The minimum Gasteiger partial charge on any atom is -0.394 e. The molecule has 0 fully saturated rings. The minimum absolute atomic E-state index is 0.0547. The average Bonchev–Trinajstić information content (AvgIpc) is 2.58. The van der Waals surface area contributed by atoms with Gasteiger partial charge in [0.2, 0.25) is 0 Å². The number of hydrogen-bond acceptors (Lipinski definition) is 3. The third-order valence-electron chi connectivity index (χ3n) is 2.39. The highest BCUT2D eigenvalue weighted by Gasteiger charge is 2.34. The molecule has 0 amide bonds. The number of nitrogens with zero attached hydrogens (tertiary/aromatic N) is 2. The first-order valence-corrected chi connectivity index (χ1v) is 5.20. The monoisotopic (exact) mass is 274 g/mol.